The van der Waals surface area contributed by atoms with Gasteiger partial charge in [-0.25, -0.2) is 0 Å². The number of hydrogen-bond donors (Lipinski definition) is 1. The van der Waals surface area contributed by atoms with Crippen LogP contribution in [-0.4, -0.2) is 23.4 Å². The Bertz CT molecular complexity index is 72.6. The van der Waals surface area contributed by atoms with Crippen LogP contribution in [0.4, 0.5) is 0 Å². The van der Waals surface area contributed by atoms with Gasteiger partial charge in [0, 0.05) is 6.42 Å². The van der Waals surface area contributed by atoms with E-state index in [4.69, 9.17) is 9.84 Å². The van der Waals surface area contributed by atoms with E-state index in [1.54, 1.807) is 0 Å². The summed E-state index contributed by atoms with van der Waals surface area (Å²) in [6, 6.07) is 0. The highest BCUT2D eigenvalue weighted by molar-refractivity contribution is 4.75. The minimum atomic E-state index is -0.231. The first kappa shape index (κ1) is 6.05. The van der Waals surface area contributed by atoms with Gasteiger partial charge in [0.25, 0.3) is 0 Å². The molecule has 0 spiro atoms. The molecule has 1 N–H and O–H groups in total. The highest BCUT2D eigenvalue weighted by atomic mass is 16.5. The van der Waals surface area contributed by atoms with Crippen molar-refractivity contribution >= 4 is 0 Å². The summed E-state index contributed by atoms with van der Waals surface area (Å²) in [6.45, 7) is 3.88. The first-order valence-corrected chi connectivity index (χ1v) is 3.03. The van der Waals surface area contributed by atoms with Crippen molar-refractivity contribution < 1.29 is 9.84 Å². The molecule has 0 aromatic heterocycles. The van der Waals surface area contributed by atoms with Gasteiger partial charge in [0.2, 0.25) is 0 Å². The lowest BCUT2D eigenvalue weighted by atomic mass is 10.2. The molecule has 0 saturated carbocycles. The van der Waals surface area contributed by atoms with Gasteiger partial charge in [-0.05, 0) is 13.8 Å². The van der Waals surface area contributed by atoms with E-state index in [2.05, 4.69) is 0 Å². The highest BCUT2D eigenvalue weighted by Gasteiger charge is 2.26. The number of hydrogen-bond acceptors (Lipinski definition) is 2. The molecule has 1 saturated heterocycles. The fraction of sp³-hybridized carbons (Fsp3) is 1.00. The Balaban J connectivity index is 2.39. The van der Waals surface area contributed by atoms with Crippen LogP contribution in [0.3, 0.4) is 0 Å². The zero-order valence-corrected chi connectivity index (χ0v) is 5.29. The van der Waals surface area contributed by atoms with E-state index >= 15 is 0 Å². The molecule has 0 radical (unpaired) electrons. The maximum Gasteiger partial charge on any atom is 0.0823 e. The topological polar surface area (TPSA) is 29.5 Å². The number of aliphatic hydroxyl groups excluding tert-OH is 1. The minimum absolute atomic E-state index is 0.0463. The maximum absolute atomic E-state index is 9.04. The van der Waals surface area contributed by atoms with Crippen LogP contribution >= 0.6 is 0 Å². The predicted molar refractivity (Wildman–Crippen MR) is 30.6 cm³/mol. The molecule has 2 heteroatoms. The zero-order chi connectivity index (χ0) is 6.15. The van der Waals surface area contributed by atoms with Crippen LogP contribution in [0.1, 0.15) is 20.3 Å². The lowest BCUT2D eigenvalue weighted by molar-refractivity contribution is 0.0287. The summed E-state index contributed by atoms with van der Waals surface area (Å²) < 4.78 is 5.22. The van der Waals surface area contributed by atoms with Crippen molar-refractivity contribution in [3.05, 3.63) is 0 Å². The van der Waals surface area contributed by atoms with Gasteiger partial charge in [-0.15, -0.1) is 0 Å². The summed E-state index contributed by atoms with van der Waals surface area (Å²) in [7, 11) is 0. The third-order valence-electron chi connectivity index (χ3n) is 1.56. The molecule has 3 atom stereocenters. The summed E-state index contributed by atoms with van der Waals surface area (Å²) in [4.78, 5) is 0. The summed E-state index contributed by atoms with van der Waals surface area (Å²) in [6.07, 6.45) is 0.858. The number of ether oxygens (including phenoxy) is 1. The Morgan fingerprint density at radius 2 is 2.12 bits per heavy atom. The quantitative estimate of drug-likeness (QED) is 0.500. The smallest absolute Gasteiger partial charge is 0.0823 e. The average molecular weight is 116 g/mol. The fourth-order valence-electron chi connectivity index (χ4n) is 1.04. The lowest BCUT2D eigenvalue weighted by Gasteiger charge is -2.04. The molecular weight excluding hydrogens is 104 g/mol. The van der Waals surface area contributed by atoms with E-state index in [0.29, 0.717) is 0 Å². The first-order chi connectivity index (χ1) is 3.70. The Hall–Kier alpha value is -0.0800. The molecule has 0 aliphatic carbocycles. The second-order valence-corrected chi connectivity index (χ2v) is 2.45. The van der Waals surface area contributed by atoms with Crippen LogP contribution in [0.25, 0.3) is 0 Å². The molecule has 1 unspecified atom stereocenters. The van der Waals surface area contributed by atoms with Crippen molar-refractivity contribution in [2.75, 3.05) is 0 Å². The number of aliphatic hydroxyl groups is 1. The SMILES string of the molecule is C[C@H]1CC(O)[C@@H](C)O1. The number of rotatable bonds is 0. The summed E-state index contributed by atoms with van der Waals surface area (Å²) in [5.41, 5.74) is 0. The minimum Gasteiger partial charge on any atom is -0.390 e. The second kappa shape index (κ2) is 2.03. The normalized spacial score (nSPS) is 47.6. The van der Waals surface area contributed by atoms with Crippen molar-refractivity contribution in [2.24, 2.45) is 0 Å². The molecule has 0 aromatic carbocycles. The van der Waals surface area contributed by atoms with Crippen LogP contribution in [0.2, 0.25) is 0 Å². The second-order valence-electron chi connectivity index (χ2n) is 2.45. The van der Waals surface area contributed by atoms with Gasteiger partial charge in [-0.1, -0.05) is 0 Å². The standard InChI is InChI=1S/C6H12O2/c1-4-3-6(7)5(2)8-4/h4-7H,3H2,1-2H3/t4-,5+,6?/m0/s1. The van der Waals surface area contributed by atoms with Crippen LogP contribution < -0.4 is 0 Å². The van der Waals surface area contributed by atoms with Gasteiger partial charge in [0.15, 0.2) is 0 Å². The van der Waals surface area contributed by atoms with Gasteiger partial charge >= 0.3 is 0 Å². The Kier molecular flexibility index (Phi) is 1.54. The molecule has 2 nitrogen and oxygen atoms in total. The van der Waals surface area contributed by atoms with E-state index < -0.39 is 0 Å². The third kappa shape index (κ3) is 1.01. The molecule has 48 valence electrons. The van der Waals surface area contributed by atoms with Gasteiger partial charge in [0.1, 0.15) is 0 Å². The van der Waals surface area contributed by atoms with Crippen molar-refractivity contribution in [1.29, 1.82) is 0 Å². The molecule has 1 aliphatic rings. The predicted octanol–water partition coefficient (Wildman–Crippen LogP) is 0.545. The van der Waals surface area contributed by atoms with E-state index in [1.807, 2.05) is 13.8 Å². The van der Waals surface area contributed by atoms with Crippen molar-refractivity contribution in [2.45, 2.75) is 38.6 Å². The van der Waals surface area contributed by atoms with Crippen LogP contribution in [0.15, 0.2) is 0 Å². The van der Waals surface area contributed by atoms with Crippen molar-refractivity contribution in [1.82, 2.24) is 0 Å². The van der Waals surface area contributed by atoms with Crippen molar-refractivity contribution in [3.63, 3.8) is 0 Å². The Labute approximate surface area is 49.5 Å². The first-order valence-electron chi connectivity index (χ1n) is 3.03. The highest BCUT2D eigenvalue weighted by Crippen LogP contribution is 2.18. The van der Waals surface area contributed by atoms with E-state index in [9.17, 15) is 0 Å². The molecular formula is C6H12O2. The molecule has 0 aromatic rings. The largest absolute Gasteiger partial charge is 0.390 e. The molecule has 0 amide bonds. The summed E-state index contributed by atoms with van der Waals surface area (Å²) in [5.74, 6) is 0. The molecule has 1 aliphatic heterocycles. The van der Waals surface area contributed by atoms with Crippen LogP contribution in [0.5, 0.6) is 0 Å². The monoisotopic (exact) mass is 116 g/mol. The molecule has 1 rings (SSSR count). The molecule has 1 heterocycles. The molecule has 8 heavy (non-hydrogen) atoms. The molecule has 1 fully saturated rings. The Morgan fingerprint density at radius 3 is 2.25 bits per heavy atom. The summed E-state index contributed by atoms with van der Waals surface area (Å²) >= 11 is 0. The third-order valence-corrected chi connectivity index (χ3v) is 1.56. The van der Waals surface area contributed by atoms with Crippen LogP contribution in [0, 0.1) is 0 Å². The summed E-state index contributed by atoms with van der Waals surface area (Å²) in [5, 5.41) is 9.04. The van der Waals surface area contributed by atoms with Gasteiger partial charge < -0.3 is 9.84 Å². The average Bonchev–Trinajstić information content (AvgIpc) is 1.85. The molecule has 0 bridgehead atoms. The van der Waals surface area contributed by atoms with Gasteiger partial charge in [0.05, 0.1) is 18.3 Å². The van der Waals surface area contributed by atoms with Crippen LogP contribution in [-0.2, 0) is 4.74 Å². The van der Waals surface area contributed by atoms with E-state index in [-0.39, 0.29) is 18.3 Å². The maximum atomic E-state index is 9.04. The van der Waals surface area contributed by atoms with Gasteiger partial charge in [-0.2, -0.15) is 0 Å². The lowest BCUT2D eigenvalue weighted by Crippen LogP contribution is -2.15. The fourth-order valence-corrected chi connectivity index (χ4v) is 1.04. The van der Waals surface area contributed by atoms with E-state index in [1.165, 1.54) is 0 Å². The van der Waals surface area contributed by atoms with Gasteiger partial charge in [-0.3, -0.25) is 0 Å². The Morgan fingerprint density at radius 1 is 1.50 bits per heavy atom. The van der Waals surface area contributed by atoms with Crippen molar-refractivity contribution in [3.8, 4) is 0 Å². The zero-order valence-electron chi connectivity index (χ0n) is 5.29. The van der Waals surface area contributed by atoms with E-state index in [0.717, 1.165) is 6.42 Å².